The normalized spacial score (nSPS) is 11.6. The third kappa shape index (κ3) is 61.4. The molecule has 4 N–H and O–H groups in total. The third-order valence-electron chi connectivity index (χ3n) is 10.4. The van der Waals surface area contributed by atoms with Gasteiger partial charge in [-0.2, -0.15) is 0 Å². The maximum Gasteiger partial charge on any atom is 0.222 e. The van der Waals surface area contributed by atoms with Crippen LogP contribution in [0.5, 0.6) is 0 Å². The van der Waals surface area contributed by atoms with E-state index >= 15 is 0 Å². The minimum absolute atomic E-state index is 0.00254. The minimum atomic E-state index is -1.04. The minimum Gasteiger partial charge on any atom is -0.380 e. The molecule has 0 bridgehead atoms. The summed E-state index contributed by atoms with van der Waals surface area (Å²) in [6, 6.07) is 0. The molecule has 0 aromatic heterocycles. The second-order valence-electron chi connectivity index (χ2n) is 17.3. The summed E-state index contributed by atoms with van der Waals surface area (Å²) < 4.78 is 89.1. The molecule has 0 atom stereocenters. The molecule has 0 aromatic carbocycles. The average Bonchev–Trinajstić information content (AvgIpc) is 3.58. The van der Waals surface area contributed by atoms with E-state index in [1.807, 2.05) is 0 Å². The molecule has 0 heterocycles. The summed E-state index contributed by atoms with van der Waals surface area (Å²) in [5, 5.41) is 24.6. The Bertz CT molecular complexity index is 1690. The molecule has 0 aliphatic rings. The molecule has 0 saturated heterocycles. The molecule has 0 fully saturated rings. The number of ether oxygens (including phenoxy) is 16. The number of nitrogens with one attached hydrogen (secondary N) is 4. The lowest BCUT2D eigenvalue weighted by Gasteiger charge is -2.33. The standard InChI is InChI=1S/C49H92N16O20/c50-62-58-9-21-70-17-5-54-45(66)1-13-82-41-49(42-83-14-2-46(67)55-6-18-71-22-10-59-63-51,43-84-15-3-47(68)56-7-19-72-25-29-76-33-37-80-39-35-78-31-27-74-23-11-60-64-52)44-85-16-4-48(69)57-8-20-73-26-30-77-34-38-81-40-36-79-32-28-75-24-12-61-65-53/h1-44H2,(H,54,66)(H,55,67)(H,56,68)(H,57,69). The van der Waals surface area contributed by atoms with Crippen molar-refractivity contribution in [3.63, 3.8) is 0 Å². The van der Waals surface area contributed by atoms with E-state index in [2.05, 4.69) is 61.4 Å². The van der Waals surface area contributed by atoms with Crippen LogP contribution in [-0.2, 0) is 95.0 Å². The van der Waals surface area contributed by atoms with Crippen molar-refractivity contribution in [1.82, 2.24) is 21.3 Å². The van der Waals surface area contributed by atoms with Crippen LogP contribution >= 0.6 is 0 Å². The lowest BCUT2D eigenvalue weighted by Crippen LogP contribution is -2.43. The second kappa shape index (κ2) is 66.0. The van der Waals surface area contributed by atoms with Gasteiger partial charge in [-0.3, -0.25) is 19.2 Å². The fraction of sp³-hybridized carbons (Fsp3) is 0.918. The summed E-state index contributed by atoms with van der Waals surface area (Å²) in [5.74, 6) is -1.15. The zero-order valence-electron chi connectivity index (χ0n) is 49.1. The molecule has 0 aliphatic carbocycles. The smallest absolute Gasteiger partial charge is 0.222 e. The number of hydrogen-bond acceptors (Lipinski definition) is 24. The zero-order valence-corrected chi connectivity index (χ0v) is 49.1. The second-order valence-corrected chi connectivity index (χ2v) is 17.3. The van der Waals surface area contributed by atoms with Crippen molar-refractivity contribution in [3.05, 3.63) is 41.8 Å². The van der Waals surface area contributed by atoms with Gasteiger partial charge in [0, 0.05) is 97.7 Å². The zero-order chi connectivity index (χ0) is 61.7. The predicted octanol–water partition coefficient (Wildman–Crippen LogP) is 1.50. The van der Waals surface area contributed by atoms with Crippen LogP contribution in [0.1, 0.15) is 25.7 Å². The fourth-order valence-corrected chi connectivity index (χ4v) is 6.24. The van der Waals surface area contributed by atoms with Crippen molar-refractivity contribution in [2.45, 2.75) is 25.7 Å². The Morgan fingerprint density at radius 2 is 0.435 bits per heavy atom. The first-order chi connectivity index (χ1) is 41.8. The van der Waals surface area contributed by atoms with E-state index in [9.17, 15) is 19.2 Å². The Morgan fingerprint density at radius 1 is 0.259 bits per heavy atom. The van der Waals surface area contributed by atoms with E-state index in [-0.39, 0.29) is 194 Å². The molecule has 0 saturated carbocycles. The highest BCUT2D eigenvalue weighted by Gasteiger charge is 2.33. The number of carbonyl (C=O) groups is 4. The third-order valence-corrected chi connectivity index (χ3v) is 10.4. The van der Waals surface area contributed by atoms with Gasteiger partial charge in [0.1, 0.15) is 0 Å². The average molecular weight is 1230 g/mol. The summed E-state index contributed by atoms with van der Waals surface area (Å²) in [6.45, 7) is 9.80. The first-order valence-corrected chi connectivity index (χ1v) is 28.2. The van der Waals surface area contributed by atoms with Gasteiger partial charge in [0.05, 0.1) is 217 Å². The highest BCUT2D eigenvalue weighted by atomic mass is 16.6. The van der Waals surface area contributed by atoms with Gasteiger partial charge in [-0.1, -0.05) is 20.5 Å². The number of hydrogen-bond donors (Lipinski definition) is 4. The van der Waals surface area contributed by atoms with Gasteiger partial charge < -0.3 is 97.1 Å². The lowest BCUT2D eigenvalue weighted by atomic mass is 9.92. The van der Waals surface area contributed by atoms with E-state index in [0.29, 0.717) is 119 Å². The van der Waals surface area contributed by atoms with Gasteiger partial charge in [-0.15, -0.1) is 0 Å². The molecule has 0 unspecified atom stereocenters. The topological polar surface area (TPSA) is 459 Å². The Labute approximate surface area is 495 Å². The number of nitrogens with zero attached hydrogens (tertiary/aromatic N) is 12. The van der Waals surface area contributed by atoms with Crippen molar-refractivity contribution in [3.8, 4) is 0 Å². The van der Waals surface area contributed by atoms with Gasteiger partial charge in [-0.05, 0) is 22.1 Å². The van der Waals surface area contributed by atoms with Crippen LogP contribution in [0.25, 0.3) is 41.8 Å². The van der Waals surface area contributed by atoms with Crippen LogP contribution in [0.2, 0.25) is 0 Å². The number of rotatable bonds is 68. The van der Waals surface area contributed by atoms with E-state index in [1.54, 1.807) is 0 Å². The summed E-state index contributed by atoms with van der Waals surface area (Å²) in [6.07, 6.45) is 0.0233. The SMILES string of the molecule is [N-]=[N+]=NCCOCCNC(=O)CCOCC(COCCC(=O)NCCOCCN=[N+]=[N-])(COCCC(=O)NCCOCCOCCOCCOCCOCCN=[N+]=[N-])COCCC(=O)NCCOCCOCCOCCOCCOCCN=[N+]=[N-]. The maximum absolute atomic E-state index is 12.7. The molecule has 0 aliphatic heterocycles. The molecule has 0 radical (unpaired) electrons. The monoisotopic (exact) mass is 1220 g/mol. The lowest BCUT2D eigenvalue weighted by molar-refractivity contribution is -0.129. The molecule has 0 rings (SSSR count). The Balaban J connectivity index is 5.10. The van der Waals surface area contributed by atoms with Crippen LogP contribution < -0.4 is 21.3 Å². The Morgan fingerprint density at radius 3 is 0.635 bits per heavy atom. The van der Waals surface area contributed by atoms with Crippen molar-refractivity contribution in [1.29, 1.82) is 0 Å². The predicted molar refractivity (Wildman–Crippen MR) is 302 cm³/mol. The summed E-state index contributed by atoms with van der Waals surface area (Å²) in [7, 11) is 0. The van der Waals surface area contributed by atoms with Gasteiger partial charge in [0.2, 0.25) is 23.6 Å². The highest BCUT2D eigenvalue weighted by Crippen LogP contribution is 2.22. The molecule has 0 spiro atoms. The van der Waals surface area contributed by atoms with Crippen LogP contribution in [0.3, 0.4) is 0 Å². The molecule has 0 aromatic rings. The first-order valence-electron chi connectivity index (χ1n) is 28.2. The van der Waals surface area contributed by atoms with Crippen molar-refractivity contribution >= 4 is 23.6 Å². The quantitative estimate of drug-likeness (QED) is 0.0290. The van der Waals surface area contributed by atoms with Gasteiger partial charge in [-0.25, -0.2) is 0 Å². The molecule has 85 heavy (non-hydrogen) atoms. The van der Waals surface area contributed by atoms with Crippen LogP contribution in [-0.4, -0.2) is 287 Å². The Kier molecular flexibility index (Phi) is 61.7. The summed E-state index contributed by atoms with van der Waals surface area (Å²) in [5.41, 5.74) is 32.2. The molecule has 36 nitrogen and oxygen atoms in total. The highest BCUT2D eigenvalue weighted by molar-refractivity contribution is 5.77. The molecular formula is C49H92N16O20. The van der Waals surface area contributed by atoms with Crippen LogP contribution in [0, 0.1) is 5.41 Å². The van der Waals surface area contributed by atoms with E-state index < -0.39 is 5.41 Å². The van der Waals surface area contributed by atoms with Gasteiger partial charge in [0.25, 0.3) is 0 Å². The summed E-state index contributed by atoms with van der Waals surface area (Å²) in [4.78, 5) is 61.3. The molecule has 4 amide bonds. The molecule has 36 heteroatoms. The van der Waals surface area contributed by atoms with Crippen molar-refractivity contribution < 1.29 is 95.0 Å². The fourth-order valence-electron chi connectivity index (χ4n) is 6.24. The van der Waals surface area contributed by atoms with Gasteiger partial charge in [0.15, 0.2) is 0 Å². The number of amides is 4. The summed E-state index contributed by atoms with van der Waals surface area (Å²) >= 11 is 0. The number of azide groups is 4. The molecular weight excluding hydrogens is 1130 g/mol. The van der Waals surface area contributed by atoms with Crippen molar-refractivity contribution in [2.75, 3.05) is 264 Å². The number of carbonyl (C=O) groups excluding carboxylic acids is 4. The Hall–Kier alpha value is -5.52. The van der Waals surface area contributed by atoms with Crippen molar-refractivity contribution in [2.24, 2.45) is 25.9 Å². The maximum atomic E-state index is 12.7. The largest absolute Gasteiger partial charge is 0.380 e. The first kappa shape index (κ1) is 79.5. The van der Waals surface area contributed by atoms with E-state index in [1.165, 1.54) is 0 Å². The van der Waals surface area contributed by atoms with E-state index in [4.69, 9.17) is 97.9 Å². The van der Waals surface area contributed by atoms with Crippen LogP contribution in [0.4, 0.5) is 0 Å². The van der Waals surface area contributed by atoms with Crippen LogP contribution in [0.15, 0.2) is 20.5 Å². The van der Waals surface area contributed by atoms with Gasteiger partial charge >= 0.3 is 0 Å². The van der Waals surface area contributed by atoms with E-state index in [0.717, 1.165) is 0 Å². The molecule has 488 valence electrons.